The third kappa shape index (κ3) is 5.69. The molecule has 3 nitrogen and oxygen atoms in total. The van der Waals surface area contributed by atoms with E-state index in [2.05, 4.69) is 17.2 Å². The van der Waals surface area contributed by atoms with Gasteiger partial charge in [0.1, 0.15) is 6.61 Å². The van der Waals surface area contributed by atoms with Gasteiger partial charge in [-0.3, -0.25) is 0 Å². The summed E-state index contributed by atoms with van der Waals surface area (Å²) in [6.07, 6.45) is 0.112. The van der Waals surface area contributed by atoms with Crippen molar-refractivity contribution in [1.82, 2.24) is 5.32 Å². The number of nitrogens with one attached hydrogen (secondary N) is 1. The zero-order valence-corrected chi connectivity index (χ0v) is 13.7. The van der Waals surface area contributed by atoms with Gasteiger partial charge in [-0.05, 0) is 30.2 Å². The van der Waals surface area contributed by atoms with E-state index in [-0.39, 0.29) is 6.61 Å². The Balaban J connectivity index is 1.70. The van der Waals surface area contributed by atoms with Gasteiger partial charge in [0.2, 0.25) is 0 Å². The Hall–Kier alpha value is -2.44. The van der Waals surface area contributed by atoms with Crippen molar-refractivity contribution in [2.75, 3.05) is 6.54 Å². The fourth-order valence-electron chi connectivity index (χ4n) is 1.90. The number of rotatable bonds is 4. The molecule has 2 aromatic rings. The van der Waals surface area contributed by atoms with Gasteiger partial charge in [0.15, 0.2) is 0 Å². The molecule has 0 radical (unpaired) electrons. The van der Waals surface area contributed by atoms with Crippen LogP contribution in [0.15, 0.2) is 48.5 Å². The summed E-state index contributed by atoms with van der Waals surface area (Å²) in [6, 6.07) is 15.2. The third-order valence-electron chi connectivity index (χ3n) is 3.22. The number of halogens is 1. The lowest BCUT2D eigenvalue weighted by molar-refractivity contribution is 0.140. The average Bonchev–Trinajstić information content (AvgIpc) is 2.57. The van der Waals surface area contributed by atoms with Crippen LogP contribution in [0.25, 0.3) is 0 Å². The zero-order valence-electron chi connectivity index (χ0n) is 12.9. The Morgan fingerprint density at radius 1 is 1.17 bits per heavy atom. The molecule has 0 aliphatic heterocycles. The number of carbonyl (C=O) groups is 1. The molecule has 0 fully saturated rings. The van der Waals surface area contributed by atoms with Gasteiger partial charge in [-0.25, -0.2) is 4.79 Å². The van der Waals surface area contributed by atoms with Crippen LogP contribution in [-0.2, 0) is 11.3 Å². The first-order chi connectivity index (χ1) is 11.2. The van der Waals surface area contributed by atoms with Gasteiger partial charge in [-0.15, -0.1) is 0 Å². The standard InChI is InChI=1S/C19H18ClNO2/c1-15-17(11-7-12-18(15)20)10-5-6-13-21-19(22)23-14-16-8-3-2-4-9-16/h2-4,7-9,11-12H,6,13-14H2,1H3,(H,21,22). The zero-order chi connectivity index (χ0) is 16.5. The molecule has 1 amide bonds. The van der Waals surface area contributed by atoms with Crippen LogP contribution in [0, 0.1) is 18.8 Å². The van der Waals surface area contributed by atoms with Crippen LogP contribution in [0.5, 0.6) is 0 Å². The maximum absolute atomic E-state index is 11.5. The quantitative estimate of drug-likeness (QED) is 0.671. The minimum absolute atomic E-state index is 0.264. The van der Waals surface area contributed by atoms with E-state index in [0.717, 1.165) is 16.7 Å². The summed E-state index contributed by atoms with van der Waals surface area (Å²) in [5.41, 5.74) is 2.83. The predicted octanol–water partition coefficient (Wildman–Crippen LogP) is 4.32. The van der Waals surface area contributed by atoms with Gasteiger partial charge in [0.05, 0.1) is 0 Å². The van der Waals surface area contributed by atoms with Crippen LogP contribution in [-0.4, -0.2) is 12.6 Å². The van der Waals surface area contributed by atoms with Gasteiger partial charge in [0, 0.05) is 23.6 Å². The molecule has 0 unspecified atom stereocenters. The van der Waals surface area contributed by atoms with Crippen molar-refractivity contribution >= 4 is 17.7 Å². The van der Waals surface area contributed by atoms with Gasteiger partial charge >= 0.3 is 6.09 Å². The van der Waals surface area contributed by atoms with E-state index in [1.807, 2.05) is 55.5 Å². The van der Waals surface area contributed by atoms with Crippen molar-refractivity contribution in [2.24, 2.45) is 0 Å². The maximum atomic E-state index is 11.5. The number of hydrogen-bond donors (Lipinski definition) is 1. The molecule has 23 heavy (non-hydrogen) atoms. The van der Waals surface area contributed by atoms with Crippen LogP contribution in [0.2, 0.25) is 5.02 Å². The molecule has 0 saturated heterocycles. The van der Waals surface area contributed by atoms with Gasteiger partial charge in [-0.2, -0.15) is 0 Å². The smallest absolute Gasteiger partial charge is 0.407 e. The first kappa shape index (κ1) is 16.9. The first-order valence-electron chi connectivity index (χ1n) is 7.35. The first-order valence-corrected chi connectivity index (χ1v) is 7.73. The predicted molar refractivity (Wildman–Crippen MR) is 92.3 cm³/mol. The fraction of sp³-hybridized carbons (Fsp3) is 0.211. The lowest BCUT2D eigenvalue weighted by Gasteiger charge is -2.05. The molecule has 118 valence electrons. The second-order valence-electron chi connectivity index (χ2n) is 4.95. The van der Waals surface area contributed by atoms with E-state index in [1.54, 1.807) is 0 Å². The summed E-state index contributed by atoms with van der Waals surface area (Å²) in [4.78, 5) is 11.5. The maximum Gasteiger partial charge on any atom is 0.407 e. The normalized spacial score (nSPS) is 9.65. The molecule has 2 aromatic carbocycles. The molecule has 0 bridgehead atoms. The highest BCUT2D eigenvalue weighted by molar-refractivity contribution is 6.31. The van der Waals surface area contributed by atoms with Crippen molar-refractivity contribution in [2.45, 2.75) is 20.0 Å². The number of benzene rings is 2. The van der Waals surface area contributed by atoms with Crippen LogP contribution in [0.1, 0.15) is 23.1 Å². The highest BCUT2D eigenvalue weighted by atomic mass is 35.5. The van der Waals surface area contributed by atoms with Crippen LogP contribution in [0.3, 0.4) is 0 Å². The molecule has 1 N–H and O–H groups in total. The SMILES string of the molecule is Cc1c(Cl)cccc1C#CCCNC(=O)OCc1ccccc1. The molecule has 0 aliphatic rings. The molecule has 0 spiro atoms. The Morgan fingerprint density at radius 3 is 2.74 bits per heavy atom. The van der Waals surface area contributed by atoms with E-state index in [4.69, 9.17) is 16.3 Å². The number of carbonyl (C=O) groups excluding carboxylic acids is 1. The van der Waals surface area contributed by atoms with Crippen LogP contribution < -0.4 is 5.32 Å². The number of amides is 1. The summed E-state index contributed by atoms with van der Waals surface area (Å²) >= 11 is 6.04. The van der Waals surface area contributed by atoms with Crippen LogP contribution in [0.4, 0.5) is 4.79 Å². The monoisotopic (exact) mass is 327 g/mol. The number of alkyl carbamates (subject to hydrolysis) is 1. The largest absolute Gasteiger partial charge is 0.445 e. The van der Waals surface area contributed by atoms with E-state index in [0.29, 0.717) is 18.0 Å². The Kier molecular flexibility index (Phi) is 6.53. The van der Waals surface area contributed by atoms with Gasteiger partial charge in [0.25, 0.3) is 0 Å². The molecular formula is C19H18ClNO2. The van der Waals surface area contributed by atoms with Crippen molar-refractivity contribution < 1.29 is 9.53 Å². The van der Waals surface area contributed by atoms with E-state index >= 15 is 0 Å². The Labute approximate surface area is 141 Å². The van der Waals surface area contributed by atoms with Crippen molar-refractivity contribution in [3.8, 4) is 11.8 Å². The molecule has 2 rings (SSSR count). The van der Waals surface area contributed by atoms with E-state index < -0.39 is 6.09 Å². The van der Waals surface area contributed by atoms with E-state index in [9.17, 15) is 4.79 Å². The minimum atomic E-state index is -0.436. The molecule has 0 aromatic heterocycles. The summed E-state index contributed by atoms with van der Waals surface area (Å²) in [6.45, 7) is 2.64. The van der Waals surface area contributed by atoms with Crippen molar-refractivity contribution in [3.05, 3.63) is 70.2 Å². The highest BCUT2D eigenvalue weighted by Gasteiger charge is 2.01. The summed E-state index contributed by atoms with van der Waals surface area (Å²) < 4.78 is 5.11. The molecular weight excluding hydrogens is 310 g/mol. The number of ether oxygens (including phenoxy) is 1. The van der Waals surface area contributed by atoms with Gasteiger partial charge in [-0.1, -0.05) is 59.8 Å². The summed E-state index contributed by atoms with van der Waals surface area (Å²) in [5.74, 6) is 6.08. The fourth-order valence-corrected chi connectivity index (χ4v) is 2.08. The molecule has 0 heterocycles. The number of hydrogen-bond acceptors (Lipinski definition) is 2. The lowest BCUT2D eigenvalue weighted by atomic mass is 10.1. The minimum Gasteiger partial charge on any atom is -0.445 e. The molecule has 0 saturated carbocycles. The Bertz CT molecular complexity index is 717. The topological polar surface area (TPSA) is 38.3 Å². The molecule has 4 heteroatoms. The van der Waals surface area contributed by atoms with Crippen LogP contribution >= 0.6 is 11.6 Å². The van der Waals surface area contributed by atoms with Crippen molar-refractivity contribution in [3.63, 3.8) is 0 Å². The second kappa shape index (κ2) is 8.87. The third-order valence-corrected chi connectivity index (χ3v) is 3.63. The van der Waals surface area contributed by atoms with E-state index in [1.165, 1.54) is 0 Å². The second-order valence-corrected chi connectivity index (χ2v) is 5.36. The van der Waals surface area contributed by atoms with Gasteiger partial charge < -0.3 is 10.1 Å². The average molecular weight is 328 g/mol. The highest BCUT2D eigenvalue weighted by Crippen LogP contribution is 2.17. The molecule has 0 atom stereocenters. The lowest BCUT2D eigenvalue weighted by Crippen LogP contribution is -2.24. The van der Waals surface area contributed by atoms with Crippen molar-refractivity contribution in [1.29, 1.82) is 0 Å². The summed E-state index contributed by atoms with van der Waals surface area (Å²) in [5, 5.41) is 3.38. The molecule has 0 aliphatic carbocycles. The Morgan fingerprint density at radius 2 is 1.96 bits per heavy atom. The summed E-state index contributed by atoms with van der Waals surface area (Å²) in [7, 11) is 0.